The van der Waals surface area contributed by atoms with Gasteiger partial charge in [0.05, 0.1) is 11.5 Å². The molecular weight excluding hydrogens is 192 g/mol. The number of cyclic esters (lactones) is 2. The van der Waals surface area contributed by atoms with Gasteiger partial charge in [-0.05, 0) is 17.5 Å². The van der Waals surface area contributed by atoms with Crippen LogP contribution in [0.25, 0.3) is 0 Å². The Balaban J connectivity index is 2.56. The highest BCUT2D eigenvalue weighted by atomic mass is 16.6. The molecule has 15 heavy (non-hydrogen) atoms. The topological polar surface area (TPSA) is 43.4 Å². The maximum absolute atomic E-state index is 11.6. The number of carbonyl (C=O) groups is 2. The molecule has 78 valence electrons. The molecule has 2 rings (SSSR count). The number of esters is 2. The van der Waals surface area contributed by atoms with Crippen LogP contribution in [0.3, 0.4) is 0 Å². The van der Waals surface area contributed by atoms with Crippen molar-refractivity contribution in [2.24, 2.45) is 5.92 Å². The van der Waals surface area contributed by atoms with Gasteiger partial charge in [-0.3, -0.25) is 4.79 Å². The molecule has 0 aromatic heterocycles. The van der Waals surface area contributed by atoms with Gasteiger partial charge in [0.15, 0.2) is 0 Å². The summed E-state index contributed by atoms with van der Waals surface area (Å²) in [6.45, 7) is 3.89. The van der Waals surface area contributed by atoms with E-state index in [0.717, 1.165) is 5.56 Å². The number of hydrogen-bond acceptors (Lipinski definition) is 3. The average Bonchev–Trinajstić information content (AvgIpc) is 2.17. The molecule has 3 nitrogen and oxygen atoms in total. The average molecular weight is 204 g/mol. The Bertz CT molecular complexity index is 421. The van der Waals surface area contributed by atoms with Crippen LogP contribution in [-0.4, -0.2) is 11.9 Å². The smallest absolute Gasteiger partial charge is 0.346 e. The van der Waals surface area contributed by atoms with Crippen LogP contribution in [0, 0.1) is 5.92 Å². The number of ether oxygens (including phenoxy) is 1. The molecule has 1 heterocycles. The second-order valence-electron chi connectivity index (χ2n) is 4.02. The molecule has 3 heteroatoms. The molecule has 1 aliphatic rings. The van der Waals surface area contributed by atoms with Crippen molar-refractivity contribution in [2.45, 2.75) is 19.8 Å². The first-order chi connectivity index (χ1) is 7.11. The molecule has 1 aromatic rings. The molecular formula is C12H12O3. The lowest BCUT2D eigenvalue weighted by molar-refractivity contribution is -0.141. The maximum Gasteiger partial charge on any atom is 0.346 e. The third-order valence-electron chi connectivity index (χ3n) is 2.63. The van der Waals surface area contributed by atoms with Crippen molar-refractivity contribution < 1.29 is 14.3 Å². The van der Waals surface area contributed by atoms with E-state index >= 15 is 0 Å². The highest BCUT2D eigenvalue weighted by molar-refractivity contribution is 6.04. The van der Waals surface area contributed by atoms with E-state index in [1.807, 2.05) is 26.0 Å². The summed E-state index contributed by atoms with van der Waals surface area (Å²) < 4.78 is 4.71. The molecule has 0 saturated heterocycles. The zero-order chi connectivity index (χ0) is 11.0. The molecule has 0 fully saturated rings. The summed E-state index contributed by atoms with van der Waals surface area (Å²) in [7, 11) is 0. The molecule has 0 N–H and O–H groups in total. The van der Waals surface area contributed by atoms with Crippen LogP contribution in [0.5, 0.6) is 0 Å². The molecule has 1 aliphatic heterocycles. The minimum absolute atomic E-state index is 0.131. The summed E-state index contributed by atoms with van der Waals surface area (Å²) in [6.07, 6.45) is 0. The van der Waals surface area contributed by atoms with Gasteiger partial charge in [-0.2, -0.15) is 0 Å². The van der Waals surface area contributed by atoms with Gasteiger partial charge in [0.2, 0.25) is 0 Å². The van der Waals surface area contributed by atoms with E-state index in [4.69, 9.17) is 4.74 Å². The first-order valence-corrected chi connectivity index (χ1v) is 4.96. The van der Waals surface area contributed by atoms with Crippen LogP contribution < -0.4 is 0 Å². The number of rotatable bonds is 1. The predicted octanol–water partition coefficient (Wildman–Crippen LogP) is 2.12. The molecule has 0 amide bonds. The largest absolute Gasteiger partial charge is 0.389 e. The van der Waals surface area contributed by atoms with Crippen molar-refractivity contribution in [3.05, 3.63) is 35.4 Å². The number of benzene rings is 1. The summed E-state index contributed by atoms with van der Waals surface area (Å²) in [5, 5.41) is 0. The van der Waals surface area contributed by atoms with Gasteiger partial charge in [-0.25, -0.2) is 4.79 Å². The lowest BCUT2D eigenvalue weighted by Gasteiger charge is -2.25. The molecule has 1 atom stereocenters. The van der Waals surface area contributed by atoms with Crippen LogP contribution in [0.4, 0.5) is 0 Å². The van der Waals surface area contributed by atoms with E-state index in [1.165, 1.54) is 0 Å². The minimum Gasteiger partial charge on any atom is -0.389 e. The third-order valence-corrected chi connectivity index (χ3v) is 2.63. The van der Waals surface area contributed by atoms with Crippen LogP contribution in [0.2, 0.25) is 0 Å². The van der Waals surface area contributed by atoms with Gasteiger partial charge in [0, 0.05) is 0 Å². The van der Waals surface area contributed by atoms with E-state index in [0.29, 0.717) is 5.56 Å². The first kappa shape index (κ1) is 9.90. The van der Waals surface area contributed by atoms with Gasteiger partial charge in [0.25, 0.3) is 0 Å². The minimum atomic E-state index is -0.535. The van der Waals surface area contributed by atoms with Crippen LogP contribution in [0.15, 0.2) is 24.3 Å². The van der Waals surface area contributed by atoms with Crippen molar-refractivity contribution in [2.75, 3.05) is 0 Å². The standard InChI is InChI=1S/C12H12O3/c1-7(2)10-8-5-3-4-6-9(8)11(13)15-12(10)14/h3-7,10H,1-2H3/t10-/m1/s1. The van der Waals surface area contributed by atoms with Crippen LogP contribution in [0.1, 0.15) is 35.7 Å². The third kappa shape index (κ3) is 1.54. The molecule has 0 bridgehead atoms. The summed E-state index contributed by atoms with van der Waals surface area (Å²) in [6, 6.07) is 7.12. The first-order valence-electron chi connectivity index (χ1n) is 4.96. The zero-order valence-corrected chi connectivity index (χ0v) is 8.69. The van der Waals surface area contributed by atoms with E-state index in [-0.39, 0.29) is 11.8 Å². The normalized spacial score (nSPS) is 20.1. The number of carbonyl (C=O) groups excluding carboxylic acids is 2. The molecule has 0 unspecified atom stereocenters. The van der Waals surface area contributed by atoms with E-state index in [9.17, 15) is 9.59 Å². The Morgan fingerprint density at radius 2 is 1.87 bits per heavy atom. The summed E-state index contributed by atoms with van der Waals surface area (Å²) in [5.41, 5.74) is 1.30. The zero-order valence-electron chi connectivity index (χ0n) is 8.69. The Morgan fingerprint density at radius 1 is 1.20 bits per heavy atom. The molecule has 0 radical (unpaired) electrons. The van der Waals surface area contributed by atoms with Crippen molar-refractivity contribution in [1.82, 2.24) is 0 Å². The van der Waals surface area contributed by atoms with E-state index < -0.39 is 11.9 Å². The Morgan fingerprint density at radius 3 is 2.53 bits per heavy atom. The second-order valence-corrected chi connectivity index (χ2v) is 4.02. The molecule has 0 aliphatic carbocycles. The fourth-order valence-electron chi connectivity index (χ4n) is 1.92. The van der Waals surface area contributed by atoms with E-state index in [2.05, 4.69) is 0 Å². The fraction of sp³-hybridized carbons (Fsp3) is 0.333. The van der Waals surface area contributed by atoms with E-state index in [1.54, 1.807) is 12.1 Å². The van der Waals surface area contributed by atoms with Crippen LogP contribution >= 0.6 is 0 Å². The van der Waals surface area contributed by atoms with Gasteiger partial charge >= 0.3 is 11.9 Å². The Kier molecular flexibility index (Phi) is 2.31. The molecule has 0 saturated carbocycles. The van der Waals surface area contributed by atoms with Gasteiger partial charge in [-0.1, -0.05) is 32.0 Å². The lowest BCUT2D eigenvalue weighted by Crippen LogP contribution is -2.30. The second kappa shape index (κ2) is 3.50. The quantitative estimate of drug-likeness (QED) is 0.520. The molecule has 0 spiro atoms. The highest BCUT2D eigenvalue weighted by Crippen LogP contribution is 2.32. The lowest BCUT2D eigenvalue weighted by atomic mass is 9.84. The number of hydrogen-bond donors (Lipinski definition) is 0. The summed E-state index contributed by atoms with van der Waals surface area (Å²) in [5.74, 6) is -1.16. The molecule has 1 aromatic carbocycles. The predicted molar refractivity (Wildman–Crippen MR) is 54.4 cm³/mol. The summed E-state index contributed by atoms with van der Waals surface area (Å²) in [4.78, 5) is 23.0. The van der Waals surface area contributed by atoms with Gasteiger partial charge < -0.3 is 4.74 Å². The van der Waals surface area contributed by atoms with Crippen molar-refractivity contribution in [3.8, 4) is 0 Å². The van der Waals surface area contributed by atoms with Gasteiger partial charge in [0.1, 0.15) is 0 Å². The number of fused-ring (bicyclic) bond motifs is 1. The van der Waals surface area contributed by atoms with Crippen molar-refractivity contribution in [1.29, 1.82) is 0 Å². The van der Waals surface area contributed by atoms with Crippen molar-refractivity contribution in [3.63, 3.8) is 0 Å². The fourth-order valence-corrected chi connectivity index (χ4v) is 1.92. The monoisotopic (exact) mass is 204 g/mol. The van der Waals surface area contributed by atoms with Crippen LogP contribution in [-0.2, 0) is 9.53 Å². The van der Waals surface area contributed by atoms with Gasteiger partial charge in [-0.15, -0.1) is 0 Å². The van der Waals surface area contributed by atoms with Crippen molar-refractivity contribution >= 4 is 11.9 Å². The Labute approximate surface area is 88.1 Å². The maximum atomic E-state index is 11.6. The SMILES string of the molecule is CC(C)[C@H]1C(=O)OC(=O)c2ccccc21. The highest BCUT2D eigenvalue weighted by Gasteiger charge is 2.35. The Hall–Kier alpha value is -1.64. The summed E-state index contributed by atoms with van der Waals surface area (Å²) >= 11 is 0.